The number of hydrogen-bond acceptors (Lipinski definition) is 4. The Morgan fingerprint density at radius 3 is 2.31 bits per heavy atom. The monoisotopic (exact) mass is 210 g/mol. The van der Waals surface area contributed by atoms with E-state index in [2.05, 4.69) is 0 Å². The lowest BCUT2D eigenvalue weighted by molar-refractivity contribution is -0.140. The Labute approximate surface area is 76.2 Å². The molecule has 76 valence electrons. The van der Waals surface area contributed by atoms with Gasteiger partial charge in [-0.05, 0) is 6.42 Å². The molecular formula is C5H8NO6S-. The van der Waals surface area contributed by atoms with E-state index in [1.54, 1.807) is 4.72 Å². The fourth-order valence-electron chi connectivity index (χ4n) is 0.617. The summed E-state index contributed by atoms with van der Waals surface area (Å²) in [5, 5.41) is 16.6. The zero-order valence-corrected chi connectivity index (χ0v) is 7.24. The summed E-state index contributed by atoms with van der Waals surface area (Å²) in [6, 6.07) is -1.38. The van der Waals surface area contributed by atoms with Gasteiger partial charge in [0.2, 0.25) is 0 Å². The topological polar surface area (TPSA) is 127 Å². The molecule has 3 N–H and O–H groups in total. The molecule has 13 heavy (non-hydrogen) atoms. The number of hydrogen-bond donors (Lipinski definition) is 3. The average molecular weight is 210 g/mol. The third kappa shape index (κ3) is 6.20. The number of carboxylic acid groups (broad SMARTS) is 2. The number of rotatable bonds is 6. The molecule has 0 spiro atoms. The predicted molar refractivity (Wildman–Crippen MR) is 40.3 cm³/mol. The maximum Gasteiger partial charge on any atom is 0.321 e. The smallest absolute Gasteiger partial charge is 0.321 e. The molecule has 0 aliphatic heterocycles. The molecule has 1 unspecified atom stereocenters. The lowest BCUT2D eigenvalue weighted by Crippen LogP contribution is -2.38. The highest BCUT2D eigenvalue weighted by Gasteiger charge is 2.17. The molecule has 0 aliphatic carbocycles. The second-order valence-electron chi connectivity index (χ2n) is 2.18. The standard InChI is InChI=1S/C5H9NO6S/c7-4(8)2-1-3(5(9)10)6-13(11)12/h3,6H,1-2H2,(H,7,8)(H,9,10)(H,11,12)/p-1/t3-/m0/s1. The highest BCUT2D eigenvalue weighted by atomic mass is 32.2. The minimum Gasteiger partial charge on any atom is -0.760 e. The predicted octanol–water partition coefficient (Wildman–Crippen LogP) is -1.31. The number of carboxylic acids is 2. The van der Waals surface area contributed by atoms with Crippen molar-refractivity contribution in [3.63, 3.8) is 0 Å². The van der Waals surface area contributed by atoms with Crippen LogP contribution in [0.15, 0.2) is 0 Å². The molecule has 0 aromatic carbocycles. The fourth-order valence-corrected chi connectivity index (χ4v) is 1.07. The Hall–Kier alpha value is -0.990. The molecule has 0 saturated carbocycles. The van der Waals surface area contributed by atoms with E-state index in [1.165, 1.54) is 0 Å². The van der Waals surface area contributed by atoms with Crippen molar-refractivity contribution in [1.82, 2.24) is 4.72 Å². The Bertz CT molecular complexity index is 229. The van der Waals surface area contributed by atoms with E-state index in [4.69, 9.17) is 10.2 Å². The van der Waals surface area contributed by atoms with Gasteiger partial charge in [-0.25, -0.2) is 4.72 Å². The van der Waals surface area contributed by atoms with Crippen LogP contribution in [0.2, 0.25) is 0 Å². The van der Waals surface area contributed by atoms with Crippen LogP contribution in [0.5, 0.6) is 0 Å². The summed E-state index contributed by atoms with van der Waals surface area (Å²) in [6.07, 6.45) is -0.681. The van der Waals surface area contributed by atoms with Crippen LogP contribution < -0.4 is 4.72 Å². The number of nitrogens with one attached hydrogen (secondary N) is 1. The van der Waals surface area contributed by atoms with Crippen molar-refractivity contribution in [3.05, 3.63) is 0 Å². The first-order valence-corrected chi connectivity index (χ1v) is 4.31. The van der Waals surface area contributed by atoms with Crippen molar-refractivity contribution in [1.29, 1.82) is 0 Å². The van der Waals surface area contributed by atoms with Gasteiger partial charge in [0, 0.05) is 17.7 Å². The van der Waals surface area contributed by atoms with Crippen LogP contribution in [-0.4, -0.2) is 37.0 Å². The lowest BCUT2D eigenvalue weighted by atomic mass is 10.2. The highest BCUT2D eigenvalue weighted by molar-refractivity contribution is 7.77. The third-order valence-electron chi connectivity index (χ3n) is 1.18. The maximum atomic E-state index is 10.3. The van der Waals surface area contributed by atoms with Gasteiger partial charge in [-0.3, -0.25) is 13.8 Å². The van der Waals surface area contributed by atoms with E-state index in [-0.39, 0.29) is 6.42 Å². The van der Waals surface area contributed by atoms with Gasteiger partial charge < -0.3 is 14.8 Å². The first-order valence-electron chi connectivity index (χ1n) is 3.23. The molecule has 0 aliphatic rings. The summed E-state index contributed by atoms with van der Waals surface area (Å²) < 4.78 is 21.8. The molecule has 7 nitrogen and oxygen atoms in total. The first-order chi connectivity index (χ1) is 5.93. The molecule has 0 rings (SSSR count). The average Bonchev–Trinajstić information content (AvgIpc) is 1.96. The van der Waals surface area contributed by atoms with Crippen molar-refractivity contribution in [2.45, 2.75) is 18.9 Å². The number of carbonyl (C=O) groups is 2. The molecule has 0 fully saturated rings. The van der Waals surface area contributed by atoms with E-state index in [0.29, 0.717) is 0 Å². The van der Waals surface area contributed by atoms with Gasteiger partial charge in [-0.15, -0.1) is 0 Å². The van der Waals surface area contributed by atoms with Gasteiger partial charge in [0.1, 0.15) is 6.04 Å². The van der Waals surface area contributed by atoms with E-state index in [9.17, 15) is 18.4 Å². The number of aliphatic carboxylic acids is 2. The Kier molecular flexibility index (Phi) is 5.19. The SMILES string of the molecule is O=C(O)CC[C@H](NS(=O)[O-])C(=O)O. The summed E-state index contributed by atoms with van der Waals surface area (Å²) >= 11 is -2.70. The lowest BCUT2D eigenvalue weighted by Gasteiger charge is -2.14. The van der Waals surface area contributed by atoms with Gasteiger partial charge in [0.25, 0.3) is 0 Å². The zero-order chi connectivity index (χ0) is 10.4. The van der Waals surface area contributed by atoms with Crippen molar-refractivity contribution in [2.75, 3.05) is 0 Å². The fraction of sp³-hybridized carbons (Fsp3) is 0.600. The molecule has 0 aromatic heterocycles. The zero-order valence-electron chi connectivity index (χ0n) is 6.43. The molecular weight excluding hydrogens is 202 g/mol. The Morgan fingerprint density at radius 1 is 1.46 bits per heavy atom. The molecule has 8 heteroatoms. The molecule has 2 atom stereocenters. The van der Waals surface area contributed by atoms with E-state index in [0.717, 1.165) is 0 Å². The van der Waals surface area contributed by atoms with Crippen LogP contribution in [0, 0.1) is 0 Å². The summed E-state index contributed by atoms with van der Waals surface area (Å²) in [4.78, 5) is 20.4. The quantitative estimate of drug-likeness (QED) is 0.467. The van der Waals surface area contributed by atoms with Crippen molar-refractivity contribution in [3.8, 4) is 0 Å². The largest absolute Gasteiger partial charge is 0.760 e. The van der Waals surface area contributed by atoms with Crippen molar-refractivity contribution < 1.29 is 28.6 Å². The van der Waals surface area contributed by atoms with Gasteiger partial charge in [0.05, 0.1) is 0 Å². The van der Waals surface area contributed by atoms with Gasteiger partial charge in [-0.2, -0.15) is 0 Å². The van der Waals surface area contributed by atoms with Crippen molar-refractivity contribution >= 4 is 23.2 Å². The second-order valence-corrected chi connectivity index (χ2v) is 2.88. The minimum absolute atomic E-state index is 0.279. The molecule has 0 heterocycles. The van der Waals surface area contributed by atoms with E-state index in [1.807, 2.05) is 0 Å². The summed E-state index contributed by atoms with van der Waals surface area (Å²) in [7, 11) is 0. The Morgan fingerprint density at radius 2 is 2.00 bits per heavy atom. The summed E-state index contributed by atoms with van der Waals surface area (Å²) in [5.74, 6) is -2.57. The molecule has 0 radical (unpaired) electrons. The van der Waals surface area contributed by atoms with Gasteiger partial charge in [0.15, 0.2) is 0 Å². The molecule has 0 aromatic rings. The van der Waals surface area contributed by atoms with Gasteiger partial charge in [-0.1, -0.05) is 0 Å². The van der Waals surface area contributed by atoms with E-state index >= 15 is 0 Å². The molecule has 0 bridgehead atoms. The van der Waals surface area contributed by atoms with Crippen LogP contribution in [0.25, 0.3) is 0 Å². The van der Waals surface area contributed by atoms with Crippen molar-refractivity contribution in [2.24, 2.45) is 0 Å². The molecule has 0 saturated heterocycles. The van der Waals surface area contributed by atoms with Crippen LogP contribution in [0.1, 0.15) is 12.8 Å². The first kappa shape index (κ1) is 12.0. The van der Waals surface area contributed by atoms with Gasteiger partial charge >= 0.3 is 11.9 Å². The summed E-state index contributed by atoms with van der Waals surface area (Å²) in [6.45, 7) is 0. The van der Waals surface area contributed by atoms with Crippen LogP contribution >= 0.6 is 0 Å². The summed E-state index contributed by atoms with van der Waals surface area (Å²) in [5.41, 5.74) is 0. The highest BCUT2D eigenvalue weighted by Crippen LogP contribution is 1.98. The van der Waals surface area contributed by atoms with E-state index < -0.39 is 35.7 Å². The maximum absolute atomic E-state index is 10.3. The third-order valence-corrected chi connectivity index (χ3v) is 1.66. The van der Waals surface area contributed by atoms with Crippen LogP contribution in [-0.2, 0) is 20.9 Å². The van der Waals surface area contributed by atoms with Crippen LogP contribution in [0.3, 0.4) is 0 Å². The van der Waals surface area contributed by atoms with Crippen LogP contribution in [0.4, 0.5) is 0 Å². The second kappa shape index (κ2) is 5.62. The minimum atomic E-state index is -2.70. The Balaban J connectivity index is 4.02. The normalized spacial score (nSPS) is 14.8. The molecule has 0 amide bonds.